The topological polar surface area (TPSA) is 100 Å². The van der Waals surface area contributed by atoms with Gasteiger partial charge in [-0.1, -0.05) is 23.7 Å². The Bertz CT molecular complexity index is 826. The van der Waals surface area contributed by atoms with E-state index in [1.165, 1.54) is 12.3 Å². The van der Waals surface area contributed by atoms with E-state index in [1.54, 1.807) is 19.2 Å². The van der Waals surface area contributed by atoms with Crippen LogP contribution in [-0.2, 0) is 11.3 Å². The van der Waals surface area contributed by atoms with Gasteiger partial charge in [-0.25, -0.2) is 0 Å². The molecule has 0 aliphatic rings. The van der Waals surface area contributed by atoms with Gasteiger partial charge < -0.3 is 21.1 Å². The first-order valence-electron chi connectivity index (χ1n) is 7.36. The van der Waals surface area contributed by atoms with Gasteiger partial charge in [-0.3, -0.25) is 4.79 Å². The molecule has 0 atom stereocenters. The van der Waals surface area contributed by atoms with E-state index in [1.807, 2.05) is 30.3 Å². The normalized spacial score (nSPS) is 10.7. The number of rotatable bonds is 6. The second-order valence-electron chi connectivity index (χ2n) is 5.09. The van der Waals surface area contributed by atoms with Crippen LogP contribution in [0.15, 0.2) is 54.2 Å². The number of nitrogens with zero attached hydrogens (tertiary/aromatic N) is 1. The van der Waals surface area contributed by atoms with E-state index in [2.05, 4.69) is 10.6 Å². The zero-order chi connectivity index (χ0) is 18.2. The van der Waals surface area contributed by atoms with Gasteiger partial charge in [-0.2, -0.15) is 5.26 Å². The van der Waals surface area contributed by atoms with Crippen molar-refractivity contribution in [1.29, 1.82) is 5.26 Å². The predicted octanol–water partition coefficient (Wildman–Crippen LogP) is 3.07. The average molecular weight is 357 g/mol. The van der Waals surface area contributed by atoms with E-state index >= 15 is 0 Å². The van der Waals surface area contributed by atoms with Crippen LogP contribution in [0.5, 0.6) is 5.75 Å². The number of halogens is 1. The van der Waals surface area contributed by atoms with Crippen molar-refractivity contribution in [2.24, 2.45) is 0 Å². The molecule has 2 aromatic rings. The second-order valence-corrected chi connectivity index (χ2v) is 5.50. The number of hydrogen-bond donors (Lipinski definition) is 3. The van der Waals surface area contributed by atoms with Crippen LogP contribution in [0, 0.1) is 11.3 Å². The Balaban J connectivity index is 1.97. The Kier molecular flexibility index (Phi) is 6.26. The van der Waals surface area contributed by atoms with Crippen LogP contribution in [0.3, 0.4) is 0 Å². The summed E-state index contributed by atoms with van der Waals surface area (Å²) in [6.45, 7) is 0.468. The van der Waals surface area contributed by atoms with Gasteiger partial charge in [-0.15, -0.1) is 0 Å². The third-order valence-corrected chi connectivity index (χ3v) is 3.66. The van der Waals surface area contributed by atoms with Crippen LogP contribution in [0.4, 0.5) is 11.4 Å². The SMILES string of the molecule is COc1ccc(CN/C=C(/C#N)C(=O)Nc2ccc(N)c(Cl)c2)cc1. The molecule has 4 N–H and O–H groups in total. The van der Waals surface area contributed by atoms with Crippen molar-refractivity contribution in [3.63, 3.8) is 0 Å². The van der Waals surface area contributed by atoms with Crippen LogP contribution >= 0.6 is 11.6 Å². The summed E-state index contributed by atoms with van der Waals surface area (Å²) in [5.74, 6) is 0.226. The van der Waals surface area contributed by atoms with Crippen LogP contribution in [-0.4, -0.2) is 13.0 Å². The third kappa shape index (κ3) is 5.16. The molecule has 0 aliphatic carbocycles. The lowest BCUT2D eigenvalue weighted by Gasteiger charge is -2.07. The van der Waals surface area contributed by atoms with E-state index in [4.69, 9.17) is 27.3 Å². The number of nitrogens with two attached hydrogens (primary N) is 1. The molecule has 7 heteroatoms. The molecule has 0 bridgehead atoms. The maximum atomic E-state index is 12.1. The standard InChI is InChI=1S/C18H17ClN4O2/c1-25-15-5-2-12(3-6-15)10-22-11-13(9-20)18(24)23-14-4-7-17(21)16(19)8-14/h2-8,11,22H,10,21H2,1H3,(H,23,24)/b13-11-. The van der Waals surface area contributed by atoms with E-state index in [9.17, 15) is 4.79 Å². The largest absolute Gasteiger partial charge is 0.497 e. The number of methoxy groups -OCH3 is 1. The van der Waals surface area contributed by atoms with Crippen LogP contribution < -0.4 is 21.1 Å². The minimum atomic E-state index is -0.537. The van der Waals surface area contributed by atoms with Crippen molar-refractivity contribution in [3.05, 3.63) is 64.8 Å². The molecule has 0 heterocycles. The molecule has 0 aliphatic heterocycles. The Morgan fingerprint density at radius 3 is 2.64 bits per heavy atom. The average Bonchev–Trinajstić information content (AvgIpc) is 2.62. The summed E-state index contributed by atoms with van der Waals surface area (Å²) in [7, 11) is 1.60. The van der Waals surface area contributed by atoms with Gasteiger partial charge in [0.15, 0.2) is 0 Å². The highest BCUT2D eigenvalue weighted by Gasteiger charge is 2.10. The maximum absolute atomic E-state index is 12.1. The van der Waals surface area contributed by atoms with Crippen LogP contribution in [0.25, 0.3) is 0 Å². The van der Waals surface area contributed by atoms with Gasteiger partial charge >= 0.3 is 0 Å². The van der Waals surface area contributed by atoms with E-state index < -0.39 is 5.91 Å². The Morgan fingerprint density at radius 2 is 2.04 bits per heavy atom. The number of hydrogen-bond acceptors (Lipinski definition) is 5. The molecule has 6 nitrogen and oxygen atoms in total. The molecule has 0 radical (unpaired) electrons. The highest BCUT2D eigenvalue weighted by molar-refractivity contribution is 6.33. The zero-order valence-electron chi connectivity index (χ0n) is 13.5. The van der Waals surface area contributed by atoms with Crippen molar-refractivity contribution in [3.8, 4) is 11.8 Å². The highest BCUT2D eigenvalue weighted by atomic mass is 35.5. The fraction of sp³-hybridized carbons (Fsp3) is 0.111. The molecule has 0 fully saturated rings. The van der Waals surface area contributed by atoms with Crippen molar-refractivity contribution < 1.29 is 9.53 Å². The fourth-order valence-electron chi connectivity index (χ4n) is 1.97. The van der Waals surface area contributed by atoms with Crippen LogP contribution in [0.1, 0.15) is 5.56 Å². The Hall–Kier alpha value is -3.17. The quantitative estimate of drug-likeness (QED) is 0.419. The molecule has 0 spiro atoms. The lowest BCUT2D eigenvalue weighted by Crippen LogP contribution is -2.16. The van der Waals surface area contributed by atoms with Crippen LogP contribution in [0.2, 0.25) is 5.02 Å². The van der Waals surface area contributed by atoms with Gasteiger partial charge in [0.2, 0.25) is 0 Å². The van der Waals surface area contributed by atoms with Gasteiger partial charge in [0.1, 0.15) is 17.4 Å². The summed E-state index contributed by atoms with van der Waals surface area (Å²) >= 11 is 5.91. The molecule has 0 saturated carbocycles. The summed E-state index contributed by atoms with van der Waals surface area (Å²) in [4.78, 5) is 12.1. The van der Waals surface area contributed by atoms with Gasteiger partial charge in [0.25, 0.3) is 5.91 Å². The molecular weight excluding hydrogens is 340 g/mol. The van der Waals surface area contributed by atoms with Crippen molar-refractivity contribution in [2.45, 2.75) is 6.54 Å². The number of anilines is 2. The highest BCUT2D eigenvalue weighted by Crippen LogP contribution is 2.22. The number of amides is 1. The van der Waals surface area contributed by atoms with Gasteiger partial charge in [0, 0.05) is 18.4 Å². The summed E-state index contributed by atoms with van der Waals surface area (Å²) in [5, 5.41) is 15.0. The summed E-state index contributed by atoms with van der Waals surface area (Å²) in [6.07, 6.45) is 1.37. The molecule has 25 heavy (non-hydrogen) atoms. The fourth-order valence-corrected chi connectivity index (χ4v) is 2.15. The number of carbonyl (C=O) groups is 1. The number of nitriles is 1. The molecule has 2 rings (SSSR count). The minimum Gasteiger partial charge on any atom is -0.497 e. The molecule has 0 unspecified atom stereocenters. The lowest BCUT2D eigenvalue weighted by molar-refractivity contribution is -0.112. The predicted molar refractivity (Wildman–Crippen MR) is 98.0 cm³/mol. The Morgan fingerprint density at radius 1 is 1.32 bits per heavy atom. The van der Waals surface area contributed by atoms with E-state index in [0.29, 0.717) is 22.9 Å². The molecule has 128 valence electrons. The summed E-state index contributed by atoms with van der Waals surface area (Å²) in [6, 6.07) is 14.0. The molecular formula is C18H17ClN4O2. The second kappa shape index (κ2) is 8.62. The zero-order valence-corrected chi connectivity index (χ0v) is 14.3. The molecule has 2 aromatic carbocycles. The van der Waals surface area contributed by atoms with Gasteiger partial charge in [-0.05, 0) is 35.9 Å². The maximum Gasteiger partial charge on any atom is 0.267 e. The summed E-state index contributed by atoms with van der Waals surface area (Å²) < 4.78 is 5.09. The number of nitrogen functional groups attached to an aromatic ring is 1. The van der Waals surface area contributed by atoms with Crippen molar-refractivity contribution in [2.75, 3.05) is 18.2 Å². The van der Waals surface area contributed by atoms with Crippen molar-refractivity contribution >= 4 is 28.9 Å². The van der Waals surface area contributed by atoms with Gasteiger partial charge in [0.05, 0.1) is 17.8 Å². The third-order valence-electron chi connectivity index (χ3n) is 3.34. The number of benzene rings is 2. The first-order chi connectivity index (χ1) is 12.0. The number of nitrogens with one attached hydrogen (secondary N) is 2. The molecule has 0 aromatic heterocycles. The molecule has 1 amide bonds. The number of carbonyl (C=O) groups excluding carboxylic acids is 1. The Labute approximate surface area is 150 Å². The minimum absolute atomic E-state index is 0.0542. The van der Waals surface area contributed by atoms with E-state index in [0.717, 1.165) is 11.3 Å². The lowest BCUT2D eigenvalue weighted by atomic mass is 10.2. The smallest absolute Gasteiger partial charge is 0.267 e. The summed E-state index contributed by atoms with van der Waals surface area (Å²) in [5.41, 5.74) is 7.42. The van der Waals surface area contributed by atoms with Crippen molar-refractivity contribution in [1.82, 2.24) is 5.32 Å². The number of ether oxygens (including phenoxy) is 1. The molecule has 0 saturated heterocycles. The van der Waals surface area contributed by atoms with E-state index in [-0.39, 0.29) is 5.57 Å². The first-order valence-corrected chi connectivity index (χ1v) is 7.74. The first kappa shape index (κ1) is 18.2. The monoisotopic (exact) mass is 356 g/mol.